The Labute approximate surface area is 264 Å². The molecule has 1 saturated heterocycles. The number of hydrogen-bond acceptors (Lipinski definition) is 5. The Balaban J connectivity index is 1.38. The number of pyridine rings is 1. The smallest absolute Gasteiger partial charge is 0.335 e. The van der Waals surface area contributed by atoms with Crippen LogP contribution in [0.4, 0.5) is 17.1 Å². The zero-order chi connectivity index (χ0) is 30.1. The summed E-state index contributed by atoms with van der Waals surface area (Å²) in [5.74, 6) is 0.0252. The van der Waals surface area contributed by atoms with Gasteiger partial charge in [-0.2, -0.15) is 0 Å². The summed E-state index contributed by atoms with van der Waals surface area (Å²) in [4.78, 5) is 31.9. The first-order valence-corrected chi connectivity index (χ1v) is 15.8. The van der Waals surface area contributed by atoms with Gasteiger partial charge in [-0.25, -0.2) is 9.79 Å². The number of amidine groups is 1. The number of carbonyl (C=O) groups is 1. The predicted octanol–water partition coefficient (Wildman–Crippen LogP) is 7.82. The van der Waals surface area contributed by atoms with Gasteiger partial charge in [0, 0.05) is 58.8 Å². The number of aromatic carboxylic acids is 1. The van der Waals surface area contributed by atoms with Crippen LogP contribution in [-0.2, 0) is 12.3 Å². The number of aliphatic imine (C=N–C) groups is 1. The van der Waals surface area contributed by atoms with Crippen LogP contribution in [0.5, 0.6) is 0 Å². The number of aromatic nitrogens is 1. The summed E-state index contributed by atoms with van der Waals surface area (Å²) in [5.41, 5.74) is 5.35. The molecule has 3 aromatic carbocycles. The number of carboxylic acids is 1. The van der Waals surface area contributed by atoms with E-state index in [0.717, 1.165) is 41.2 Å². The lowest BCUT2D eigenvalue weighted by molar-refractivity contribution is 0.0697. The standard InChI is InChI=1S/C33H30Cl2N4O3S/c1-20-9-11-25(15-27(20)35)36-33(43-19-23-5-2-3-6-26(23)34)37-28-14-22(32(41)42)10-12-30(28)38-16-21-13-24(18-38)29-7-4-8-31(40)39(29)17-21/h2-12,14-15,21,24H,13,16-19H2,1H3,(H,36,37)(H,41,42)/t21-,24+/m1/s1. The average molecular weight is 634 g/mol. The summed E-state index contributed by atoms with van der Waals surface area (Å²) in [5, 5.41) is 15.1. The maximum atomic E-state index is 12.5. The van der Waals surface area contributed by atoms with Crippen LogP contribution in [0.2, 0.25) is 10.0 Å². The van der Waals surface area contributed by atoms with Crippen LogP contribution in [0.1, 0.15) is 39.5 Å². The summed E-state index contributed by atoms with van der Waals surface area (Å²) < 4.78 is 1.91. The van der Waals surface area contributed by atoms with Gasteiger partial charge in [0.15, 0.2) is 5.17 Å². The second-order valence-electron chi connectivity index (χ2n) is 11.0. The molecule has 1 aromatic heterocycles. The molecule has 2 atom stereocenters. The third kappa shape index (κ3) is 6.47. The van der Waals surface area contributed by atoms with Crippen molar-refractivity contribution in [3.63, 3.8) is 0 Å². The third-order valence-corrected chi connectivity index (χ3v) is 9.71. The molecule has 6 rings (SSSR count). The number of rotatable bonds is 6. The highest BCUT2D eigenvalue weighted by atomic mass is 35.5. The van der Waals surface area contributed by atoms with E-state index in [4.69, 9.17) is 28.2 Å². The molecule has 7 nitrogen and oxygen atoms in total. The Hall–Kier alpha value is -3.72. The second kappa shape index (κ2) is 12.5. The van der Waals surface area contributed by atoms with Crippen LogP contribution in [0.15, 0.2) is 88.6 Å². The zero-order valence-electron chi connectivity index (χ0n) is 23.5. The number of piperidine rings is 1. The molecule has 0 radical (unpaired) electrons. The van der Waals surface area contributed by atoms with Crippen molar-refractivity contribution in [2.24, 2.45) is 10.9 Å². The molecule has 0 aliphatic carbocycles. The number of nitrogens with zero attached hydrogens (tertiary/aromatic N) is 3. The molecule has 2 aliphatic heterocycles. The lowest BCUT2D eigenvalue weighted by atomic mass is 9.83. The number of hydrogen-bond donors (Lipinski definition) is 2. The van der Waals surface area contributed by atoms with Gasteiger partial charge in [-0.05, 0) is 72.9 Å². The van der Waals surface area contributed by atoms with Gasteiger partial charge in [-0.15, -0.1) is 0 Å². The Bertz CT molecular complexity index is 1790. The number of benzene rings is 3. The van der Waals surface area contributed by atoms with Crippen molar-refractivity contribution in [1.82, 2.24) is 4.57 Å². The fourth-order valence-corrected chi connectivity index (χ4v) is 7.23. The van der Waals surface area contributed by atoms with Crippen molar-refractivity contribution in [3.8, 4) is 0 Å². The van der Waals surface area contributed by atoms with Gasteiger partial charge in [-0.3, -0.25) is 4.79 Å². The molecular weight excluding hydrogens is 603 g/mol. The lowest BCUT2D eigenvalue weighted by Crippen LogP contribution is -2.47. The minimum atomic E-state index is -1.02. The summed E-state index contributed by atoms with van der Waals surface area (Å²) >= 11 is 14.4. The van der Waals surface area contributed by atoms with Crippen LogP contribution in [-0.4, -0.2) is 33.9 Å². The first kappa shape index (κ1) is 29.4. The molecule has 2 N–H and O–H groups in total. The number of halogens is 2. The SMILES string of the molecule is Cc1ccc(NC(=Nc2cc(C(=O)O)ccc2N2C[C@H]3C[C@@H](C2)c2cccc(=O)n2C3)SCc2ccccc2Cl)cc1Cl. The van der Waals surface area contributed by atoms with Crippen molar-refractivity contribution >= 4 is 63.2 Å². The fourth-order valence-electron chi connectivity index (χ4n) is 5.87. The van der Waals surface area contributed by atoms with Crippen molar-refractivity contribution < 1.29 is 9.90 Å². The van der Waals surface area contributed by atoms with Gasteiger partial charge >= 0.3 is 5.97 Å². The van der Waals surface area contributed by atoms with Gasteiger partial charge in [0.1, 0.15) is 0 Å². The van der Waals surface area contributed by atoms with Crippen LogP contribution in [0.3, 0.4) is 0 Å². The number of anilines is 2. The number of aryl methyl sites for hydroxylation is 1. The van der Waals surface area contributed by atoms with Gasteiger partial charge in [0.2, 0.25) is 0 Å². The minimum Gasteiger partial charge on any atom is -0.478 e. The Morgan fingerprint density at radius 1 is 1.00 bits per heavy atom. The highest BCUT2D eigenvalue weighted by Crippen LogP contribution is 2.40. The van der Waals surface area contributed by atoms with Crippen molar-refractivity contribution in [3.05, 3.63) is 122 Å². The van der Waals surface area contributed by atoms with Gasteiger partial charge in [-0.1, -0.05) is 65.3 Å². The third-order valence-electron chi connectivity index (χ3n) is 8.01. The number of carboxylic acid groups (broad SMARTS) is 1. The van der Waals surface area contributed by atoms with Gasteiger partial charge < -0.3 is 19.9 Å². The number of fused-ring (bicyclic) bond motifs is 4. The van der Waals surface area contributed by atoms with Crippen molar-refractivity contribution in [2.45, 2.75) is 31.6 Å². The van der Waals surface area contributed by atoms with E-state index >= 15 is 0 Å². The average Bonchev–Trinajstić information content (AvgIpc) is 2.99. The first-order chi connectivity index (χ1) is 20.7. The fraction of sp³-hybridized carbons (Fsp3) is 0.242. The van der Waals surface area contributed by atoms with E-state index in [1.165, 1.54) is 11.8 Å². The molecule has 4 aromatic rings. The van der Waals surface area contributed by atoms with E-state index in [2.05, 4.69) is 10.2 Å². The normalized spacial score (nSPS) is 17.8. The molecule has 1 fully saturated rings. The molecule has 220 valence electrons. The van der Waals surface area contributed by atoms with Gasteiger partial charge in [0.25, 0.3) is 5.56 Å². The maximum Gasteiger partial charge on any atom is 0.335 e. The highest BCUT2D eigenvalue weighted by Gasteiger charge is 2.35. The van der Waals surface area contributed by atoms with Crippen LogP contribution in [0.25, 0.3) is 0 Å². The number of nitrogens with one attached hydrogen (secondary N) is 1. The molecule has 0 saturated carbocycles. The summed E-state index contributed by atoms with van der Waals surface area (Å²) in [6.45, 7) is 4.06. The zero-order valence-corrected chi connectivity index (χ0v) is 25.8. The molecule has 10 heteroatoms. The van der Waals surface area contributed by atoms with E-state index in [1.54, 1.807) is 18.2 Å². The van der Waals surface area contributed by atoms with E-state index in [-0.39, 0.29) is 17.0 Å². The van der Waals surface area contributed by atoms with E-state index in [0.29, 0.717) is 45.7 Å². The first-order valence-electron chi connectivity index (χ1n) is 14.1. The van der Waals surface area contributed by atoms with E-state index < -0.39 is 5.97 Å². The monoisotopic (exact) mass is 632 g/mol. The topological polar surface area (TPSA) is 86.9 Å². The molecule has 43 heavy (non-hydrogen) atoms. The molecule has 0 amide bonds. The molecule has 0 unspecified atom stereocenters. The van der Waals surface area contributed by atoms with E-state index in [9.17, 15) is 14.7 Å². The predicted molar refractivity (Wildman–Crippen MR) is 177 cm³/mol. The van der Waals surface area contributed by atoms with Crippen molar-refractivity contribution in [1.29, 1.82) is 0 Å². The molecule has 2 aliphatic rings. The van der Waals surface area contributed by atoms with Crippen molar-refractivity contribution in [2.75, 3.05) is 23.3 Å². The molecule has 3 heterocycles. The molecule has 0 spiro atoms. The van der Waals surface area contributed by atoms with Crippen LogP contribution in [0, 0.1) is 12.8 Å². The number of thioether (sulfide) groups is 1. The van der Waals surface area contributed by atoms with Crippen LogP contribution < -0.4 is 15.8 Å². The Morgan fingerprint density at radius 3 is 2.63 bits per heavy atom. The molecular formula is C33H30Cl2N4O3S. The quantitative estimate of drug-likeness (QED) is 0.166. The van der Waals surface area contributed by atoms with E-state index in [1.807, 2.05) is 72.2 Å². The second-order valence-corrected chi connectivity index (χ2v) is 12.8. The molecule has 2 bridgehead atoms. The highest BCUT2D eigenvalue weighted by molar-refractivity contribution is 8.13. The summed E-state index contributed by atoms with van der Waals surface area (Å²) in [6.07, 6.45) is 1.01. The van der Waals surface area contributed by atoms with Gasteiger partial charge in [0.05, 0.1) is 16.9 Å². The largest absolute Gasteiger partial charge is 0.478 e. The Kier molecular flexibility index (Phi) is 8.52. The Morgan fingerprint density at radius 2 is 1.84 bits per heavy atom. The lowest BCUT2D eigenvalue weighted by Gasteiger charge is -2.44. The van der Waals surface area contributed by atoms with Crippen LogP contribution >= 0.6 is 35.0 Å². The maximum absolute atomic E-state index is 12.5. The minimum absolute atomic E-state index is 0.0409. The summed E-state index contributed by atoms with van der Waals surface area (Å²) in [6, 6.07) is 24.0. The summed E-state index contributed by atoms with van der Waals surface area (Å²) in [7, 11) is 0.